The fraction of sp³-hybridized carbons (Fsp3) is 0.789. The van der Waals surface area contributed by atoms with E-state index < -0.39 is 5.97 Å². The number of hydrogen-bond donors (Lipinski definition) is 0. The van der Waals surface area contributed by atoms with Crippen LogP contribution >= 0.6 is 0 Å². The second-order valence-corrected chi connectivity index (χ2v) is 5.76. The molecule has 0 bridgehead atoms. The van der Waals surface area contributed by atoms with E-state index in [0.29, 0.717) is 0 Å². The van der Waals surface area contributed by atoms with E-state index in [1.54, 1.807) is 0 Å². The Morgan fingerprint density at radius 2 is 1.32 bits per heavy atom. The Morgan fingerprint density at radius 1 is 0.818 bits per heavy atom. The molecular weight excluding hydrogens is 276 g/mol. The lowest BCUT2D eigenvalue weighted by Crippen LogP contribution is -2.06. The molecule has 0 rings (SSSR count). The molecule has 0 aromatic heterocycles. The molecule has 0 aliphatic carbocycles. The second kappa shape index (κ2) is 16.1. The average molecular weight is 308 g/mol. The van der Waals surface area contributed by atoms with Gasteiger partial charge in [0.1, 0.15) is 6.42 Å². The Balaban J connectivity index is 3.30. The molecule has 0 fully saturated rings. The second-order valence-electron chi connectivity index (χ2n) is 5.76. The summed E-state index contributed by atoms with van der Waals surface area (Å²) in [5, 5.41) is 0. The smallest absolute Gasteiger partial charge is 0.314 e. The van der Waals surface area contributed by atoms with E-state index in [1.165, 1.54) is 71.3 Å². The molecule has 0 aromatic rings. The largest absolute Gasteiger partial charge is 0.469 e. The number of carbonyl (C=O) groups is 2. The highest BCUT2D eigenvalue weighted by Gasteiger charge is 2.05. The van der Waals surface area contributed by atoms with Crippen LogP contribution in [0, 0.1) is 11.8 Å². The van der Waals surface area contributed by atoms with Gasteiger partial charge in [0.25, 0.3) is 0 Å². The van der Waals surface area contributed by atoms with Gasteiger partial charge in [-0.15, -0.1) is 0 Å². The van der Waals surface area contributed by atoms with Gasteiger partial charge in [0.15, 0.2) is 0 Å². The highest BCUT2D eigenvalue weighted by atomic mass is 16.5. The van der Waals surface area contributed by atoms with Gasteiger partial charge in [-0.25, -0.2) is 0 Å². The van der Waals surface area contributed by atoms with Gasteiger partial charge in [-0.1, -0.05) is 77.1 Å². The summed E-state index contributed by atoms with van der Waals surface area (Å²) in [6.07, 6.45) is 14.9. The summed E-state index contributed by atoms with van der Waals surface area (Å²) in [4.78, 5) is 22.1. The lowest BCUT2D eigenvalue weighted by molar-refractivity contribution is -0.142. The van der Waals surface area contributed by atoms with E-state index in [2.05, 4.69) is 23.5 Å². The van der Waals surface area contributed by atoms with Gasteiger partial charge in [-0.3, -0.25) is 9.59 Å². The molecule has 0 heterocycles. The Morgan fingerprint density at radius 3 is 1.82 bits per heavy atom. The molecule has 0 saturated heterocycles. The van der Waals surface area contributed by atoms with E-state index in [4.69, 9.17) is 0 Å². The molecule has 0 saturated carbocycles. The van der Waals surface area contributed by atoms with Gasteiger partial charge < -0.3 is 4.74 Å². The summed E-state index contributed by atoms with van der Waals surface area (Å²) >= 11 is 0. The molecule has 0 aliphatic heterocycles. The number of carbonyl (C=O) groups excluding carboxylic acids is 2. The fourth-order valence-corrected chi connectivity index (χ4v) is 2.29. The molecule has 0 radical (unpaired) electrons. The topological polar surface area (TPSA) is 43.4 Å². The lowest BCUT2D eigenvalue weighted by atomic mass is 10.1. The summed E-state index contributed by atoms with van der Waals surface area (Å²) < 4.78 is 4.41. The van der Waals surface area contributed by atoms with Crippen LogP contribution in [0.3, 0.4) is 0 Å². The molecular formula is C19H32O3. The molecule has 0 aromatic carbocycles. The molecule has 0 aliphatic rings. The summed E-state index contributed by atoms with van der Waals surface area (Å²) in [5.74, 6) is 4.46. The van der Waals surface area contributed by atoms with Crippen molar-refractivity contribution in [3.8, 4) is 11.8 Å². The van der Waals surface area contributed by atoms with E-state index in [9.17, 15) is 9.59 Å². The van der Waals surface area contributed by atoms with Crippen LogP contribution in [0.4, 0.5) is 0 Å². The van der Waals surface area contributed by atoms with Crippen molar-refractivity contribution in [2.45, 2.75) is 90.4 Å². The Bertz CT molecular complexity index is 349. The molecule has 3 heteroatoms. The van der Waals surface area contributed by atoms with E-state index >= 15 is 0 Å². The van der Waals surface area contributed by atoms with Crippen molar-refractivity contribution in [1.82, 2.24) is 0 Å². The predicted molar refractivity (Wildman–Crippen MR) is 90.5 cm³/mol. The van der Waals surface area contributed by atoms with Crippen molar-refractivity contribution in [3.05, 3.63) is 0 Å². The number of Topliss-reactive ketones (excluding diaryl/α,β-unsaturated/α-hetero) is 1. The maximum absolute atomic E-state index is 11.2. The van der Waals surface area contributed by atoms with E-state index in [0.717, 1.165) is 12.8 Å². The standard InChI is InChI=1S/C19H32O3/c1-3-4-5-6-7-8-9-10-11-12-13-14-15-16-18(20)17-19(21)22-2/h3-14,17H2,1-2H3. The van der Waals surface area contributed by atoms with Gasteiger partial charge in [0, 0.05) is 6.42 Å². The number of rotatable bonds is 13. The van der Waals surface area contributed by atoms with E-state index in [-0.39, 0.29) is 12.2 Å². The minimum atomic E-state index is -0.519. The van der Waals surface area contributed by atoms with Gasteiger partial charge in [-0.05, 0) is 12.3 Å². The van der Waals surface area contributed by atoms with Crippen LogP contribution in [0.1, 0.15) is 90.4 Å². The van der Waals surface area contributed by atoms with Crippen molar-refractivity contribution in [1.29, 1.82) is 0 Å². The van der Waals surface area contributed by atoms with Crippen LogP contribution in [-0.2, 0) is 14.3 Å². The maximum Gasteiger partial charge on any atom is 0.314 e. The molecule has 126 valence electrons. The summed E-state index contributed by atoms with van der Waals surface area (Å²) in [6.45, 7) is 2.25. The number of ether oxygens (including phenoxy) is 1. The number of unbranched alkanes of at least 4 members (excludes halogenated alkanes) is 11. The van der Waals surface area contributed by atoms with E-state index in [1.807, 2.05) is 0 Å². The first-order valence-electron chi connectivity index (χ1n) is 8.79. The van der Waals surface area contributed by atoms with Gasteiger partial charge in [0.2, 0.25) is 5.78 Å². The summed E-state index contributed by atoms with van der Waals surface area (Å²) in [5.41, 5.74) is 0. The normalized spacial score (nSPS) is 9.91. The highest BCUT2D eigenvalue weighted by Crippen LogP contribution is 2.11. The van der Waals surface area contributed by atoms with Crippen molar-refractivity contribution in [2.75, 3.05) is 7.11 Å². The Kier molecular flexibility index (Phi) is 15.1. The Labute approximate surface area is 136 Å². The number of hydrogen-bond acceptors (Lipinski definition) is 3. The van der Waals surface area contributed by atoms with Crippen LogP contribution in [-0.4, -0.2) is 18.9 Å². The van der Waals surface area contributed by atoms with Crippen LogP contribution in [0.2, 0.25) is 0 Å². The molecule has 3 nitrogen and oxygen atoms in total. The van der Waals surface area contributed by atoms with Crippen molar-refractivity contribution < 1.29 is 14.3 Å². The zero-order valence-corrected chi connectivity index (χ0v) is 14.4. The van der Waals surface area contributed by atoms with Gasteiger partial charge in [-0.2, -0.15) is 0 Å². The first kappa shape index (κ1) is 20.7. The molecule has 0 amide bonds. The first-order chi connectivity index (χ1) is 10.7. The molecule has 0 atom stereocenters. The van der Waals surface area contributed by atoms with Crippen molar-refractivity contribution >= 4 is 11.8 Å². The third-order valence-electron chi connectivity index (χ3n) is 3.67. The van der Waals surface area contributed by atoms with Crippen LogP contribution in [0.5, 0.6) is 0 Å². The third-order valence-corrected chi connectivity index (χ3v) is 3.67. The van der Waals surface area contributed by atoms with Gasteiger partial charge >= 0.3 is 5.97 Å². The minimum absolute atomic E-state index is 0.234. The van der Waals surface area contributed by atoms with Crippen molar-refractivity contribution in [2.24, 2.45) is 0 Å². The predicted octanol–water partition coefficient (Wildman–Crippen LogP) is 4.82. The number of esters is 1. The van der Waals surface area contributed by atoms with Crippen molar-refractivity contribution in [3.63, 3.8) is 0 Å². The molecule has 0 N–H and O–H groups in total. The zero-order chi connectivity index (χ0) is 16.5. The van der Waals surface area contributed by atoms with Crippen LogP contribution < -0.4 is 0 Å². The quantitative estimate of drug-likeness (QED) is 0.161. The number of methoxy groups -OCH3 is 1. The monoisotopic (exact) mass is 308 g/mol. The average Bonchev–Trinajstić information content (AvgIpc) is 2.51. The molecule has 0 unspecified atom stereocenters. The Hall–Kier alpha value is -1.30. The highest BCUT2D eigenvalue weighted by molar-refractivity contribution is 6.05. The van der Waals surface area contributed by atoms with Crippen LogP contribution in [0.25, 0.3) is 0 Å². The first-order valence-corrected chi connectivity index (χ1v) is 8.79. The SMILES string of the molecule is CCCCCCCCCCCCCC#CC(=O)CC(=O)OC. The third kappa shape index (κ3) is 15.1. The minimum Gasteiger partial charge on any atom is -0.469 e. The van der Waals surface area contributed by atoms with Gasteiger partial charge in [0.05, 0.1) is 7.11 Å². The lowest BCUT2D eigenvalue weighted by Gasteiger charge is -2.01. The maximum atomic E-state index is 11.2. The molecule has 22 heavy (non-hydrogen) atoms. The zero-order valence-electron chi connectivity index (χ0n) is 14.4. The summed E-state index contributed by atoms with van der Waals surface area (Å²) in [6, 6.07) is 0. The fourth-order valence-electron chi connectivity index (χ4n) is 2.29. The molecule has 0 spiro atoms. The number of ketones is 1. The summed E-state index contributed by atoms with van der Waals surface area (Å²) in [7, 11) is 1.27. The van der Waals surface area contributed by atoms with Crippen LogP contribution in [0.15, 0.2) is 0 Å².